The molecule has 0 radical (unpaired) electrons. The number of aryl methyl sites for hydroxylation is 1. The topological polar surface area (TPSA) is 240 Å². The van der Waals surface area contributed by atoms with Gasteiger partial charge < -0.3 is 39.5 Å². The standard InChI is InChI=1S/C18H31N3O14P2/c1-8-6-21(18(26)19-16(8)25)12-5-10(22)11(33-12)7-31-36(27,28)35-37(29,30)34-17-15(24)13(20(3)4)14(23)9(2)32-17/h6,9-15,17,22-24H,5,7H2,1-4H3,(H,27,28)(H,29,30)(H,19,25,26). The monoisotopic (exact) mass is 575 g/mol. The maximum atomic E-state index is 12.4. The number of phosphoric ester groups is 2. The zero-order valence-electron chi connectivity index (χ0n) is 20.3. The normalized spacial score (nSPS) is 35.8. The van der Waals surface area contributed by atoms with Crippen molar-refractivity contribution >= 4 is 15.6 Å². The van der Waals surface area contributed by atoms with Crippen LogP contribution < -0.4 is 11.2 Å². The molecule has 0 saturated carbocycles. The molecule has 0 bridgehead atoms. The van der Waals surface area contributed by atoms with Gasteiger partial charge in [-0.25, -0.2) is 13.9 Å². The average Bonchev–Trinajstić information content (AvgIpc) is 3.12. The van der Waals surface area contributed by atoms with Crippen LogP contribution in [0, 0.1) is 6.92 Å². The number of aliphatic hydroxyl groups is 3. The fraction of sp³-hybridized carbons (Fsp3) is 0.778. The summed E-state index contributed by atoms with van der Waals surface area (Å²) < 4.78 is 50.1. The van der Waals surface area contributed by atoms with Crippen molar-refractivity contribution in [3.8, 4) is 0 Å². The highest BCUT2D eigenvalue weighted by Gasteiger charge is 2.49. The number of hydrogen-bond acceptors (Lipinski definition) is 13. The molecule has 212 valence electrons. The third kappa shape index (κ3) is 7.22. The molecule has 2 fully saturated rings. The van der Waals surface area contributed by atoms with Crippen LogP contribution in [0.1, 0.15) is 25.1 Å². The number of aliphatic hydroxyl groups excluding tert-OH is 3. The fourth-order valence-electron chi connectivity index (χ4n) is 4.02. The van der Waals surface area contributed by atoms with Crippen LogP contribution in [0.3, 0.4) is 0 Å². The molecule has 0 amide bonds. The molecule has 2 saturated heterocycles. The minimum atomic E-state index is -5.38. The first-order valence-electron chi connectivity index (χ1n) is 11.0. The van der Waals surface area contributed by atoms with Gasteiger partial charge in [-0.05, 0) is 27.9 Å². The Kier molecular flexibility index (Phi) is 9.35. The molecule has 2 aliphatic rings. The van der Waals surface area contributed by atoms with E-state index < -0.39 is 82.6 Å². The van der Waals surface area contributed by atoms with Crippen molar-refractivity contribution < 1.29 is 57.1 Å². The van der Waals surface area contributed by atoms with Crippen molar-refractivity contribution in [1.82, 2.24) is 14.5 Å². The number of H-pyrrole nitrogens is 1. The lowest BCUT2D eigenvalue weighted by atomic mass is 9.96. The lowest BCUT2D eigenvalue weighted by Crippen LogP contribution is -2.62. The lowest BCUT2D eigenvalue weighted by Gasteiger charge is -2.44. The van der Waals surface area contributed by atoms with Crippen molar-refractivity contribution in [2.75, 3.05) is 20.7 Å². The molecule has 37 heavy (non-hydrogen) atoms. The van der Waals surface area contributed by atoms with Gasteiger partial charge in [0.15, 0.2) is 6.29 Å². The molecule has 10 unspecified atom stereocenters. The molecule has 10 atom stereocenters. The van der Waals surface area contributed by atoms with Gasteiger partial charge in [0.25, 0.3) is 5.56 Å². The molecule has 17 nitrogen and oxygen atoms in total. The van der Waals surface area contributed by atoms with Crippen LogP contribution in [0.2, 0.25) is 0 Å². The molecule has 1 aromatic heterocycles. The minimum absolute atomic E-state index is 0.133. The summed E-state index contributed by atoms with van der Waals surface area (Å²) in [5.74, 6) is 0. The van der Waals surface area contributed by atoms with Crippen LogP contribution in [0.5, 0.6) is 0 Å². The van der Waals surface area contributed by atoms with E-state index in [0.717, 1.165) is 4.57 Å². The summed E-state index contributed by atoms with van der Waals surface area (Å²) >= 11 is 0. The van der Waals surface area contributed by atoms with Crippen molar-refractivity contribution in [1.29, 1.82) is 0 Å². The number of ether oxygens (including phenoxy) is 2. The maximum absolute atomic E-state index is 12.4. The predicted octanol–water partition coefficient (Wildman–Crippen LogP) is -1.86. The number of nitrogens with one attached hydrogen (secondary N) is 1. The molecule has 0 aromatic carbocycles. The van der Waals surface area contributed by atoms with Crippen molar-refractivity contribution in [3.05, 3.63) is 32.6 Å². The molecular weight excluding hydrogens is 544 g/mol. The van der Waals surface area contributed by atoms with Crippen LogP contribution >= 0.6 is 15.6 Å². The van der Waals surface area contributed by atoms with Gasteiger partial charge in [0.2, 0.25) is 0 Å². The summed E-state index contributed by atoms with van der Waals surface area (Å²) in [4.78, 5) is 47.0. The van der Waals surface area contributed by atoms with Gasteiger partial charge in [0.05, 0.1) is 31.0 Å². The summed E-state index contributed by atoms with van der Waals surface area (Å²) in [6.07, 6.45) is -8.02. The maximum Gasteiger partial charge on any atom is 0.483 e. The summed E-state index contributed by atoms with van der Waals surface area (Å²) in [7, 11) is -7.61. The van der Waals surface area contributed by atoms with E-state index in [2.05, 4.69) is 13.8 Å². The Morgan fingerprint density at radius 1 is 1.14 bits per heavy atom. The van der Waals surface area contributed by atoms with Crippen molar-refractivity contribution in [2.45, 2.75) is 69.3 Å². The Balaban J connectivity index is 1.60. The molecule has 0 spiro atoms. The summed E-state index contributed by atoms with van der Waals surface area (Å²) in [6.45, 7) is 2.09. The number of likely N-dealkylation sites (N-methyl/N-ethyl adjacent to an activating group) is 1. The van der Waals surface area contributed by atoms with E-state index in [4.69, 9.17) is 14.0 Å². The van der Waals surface area contributed by atoms with Gasteiger partial charge in [0, 0.05) is 18.2 Å². The van der Waals surface area contributed by atoms with E-state index in [0.29, 0.717) is 0 Å². The Hall–Kier alpha value is -1.30. The van der Waals surface area contributed by atoms with Gasteiger partial charge in [-0.3, -0.25) is 23.4 Å². The summed E-state index contributed by atoms with van der Waals surface area (Å²) in [5, 5.41) is 30.8. The van der Waals surface area contributed by atoms with Gasteiger partial charge in [-0.1, -0.05) is 0 Å². The van der Waals surface area contributed by atoms with Crippen molar-refractivity contribution in [2.24, 2.45) is 0 Å². The third-order valence-electron chi connectivity index (χ3n) is 5.91. The molecule has 0 aliphatic carbocycles. The van der Waals surface area contributed by atoms with Gasteiger partial charge >= 0.3 is 21.3 Å². The Morgan fingerprint density at radius 3 is 2.41 bits per heavy atom. The smallest absolute Gasteiger partial charge is 0.390 e. The number of aromatic amines is 1. The second kappa shape index (κ2) is 11.4. The SMILES string of the molecule is Cc1cn(C2CC(O)C(COP(=O)(O)OP(=O)(O)OC3OC(C)C(O)C(N(C)C)C3O)O2)c(=O)[nH]c1=O. The number of hydrogen-bond donors (Lipinski definition) is 6. The zero-order chi connectivity index (χ0) is 27.9. The second-order valence-electron chi connectivity index (χ2n) is 8.98. The highest BCUT2D eigenvalue weighted by Crippen LogP contribution is 2.61. The quantitative estimate of drug-likeness (QED) is 0.177. The number of aromatic nitrogens is 2. The van der Waals surface area contributed by atoms with E-state index in [1.54, 1.807) is 0 Å². The van der Waals surface area contributed by atoms with Gasteiger partial charge in [0.1, 0.15) is 18.4 Å². The fourth-order valence-corrected chi connectivity index (χ4v) is 6.18. The average molecular weight is 575 g/mol. The van der Waals surface area contributed by atoms with Gasteiger partial charge in [-0.15, -0.1) is 0 Å². The van der Waals surface area contributed by atoms with E-state index in [-0.39, 0.29) is 12.0 Å². The highest BCUT2D eigenvalue weighted by atomic mass is 31.3. The molecule has 19 heteroatoms. The van der Waals surface area contributed by atoms with Crippen LogP contribution in [-0.2, 0) is 32.0 Å². The summed E-state index contributed by atoms with van der Waals surface area (Å²) in [5.41, 5.74) is -1.19. The molecule has 3 rings (SSSR count). The second-order valence-corrected chi connectivity index (χ2v) is 12.0. The molecule has 2 aliphatic heterocycles. The Bertz CT molecular complexity index is 1170. The Morgan fingerprint density at radius 2 is 1.78 bits per heavy atom. The number of phosphoric acid groups is 2. The minimum Gasteiger partial charge on any atom is -0.390 e. The first kappa shape index (κ1) is 30.2. The number of nitrogens with zero attached hydrogens (tertiary/aromatic N) is 2. The molecule has 1 aromatic rings. The van der Waals surface area contributed by atoms with E-state index >= 15 is 0 Å². The number of rotatable bonds is 9. The van der Waals surface area contributed by atoms with Crippen molar-refractivity contribution in [3.63, 3.8) is 0 Å². The van der Waals surface area contributed by atoms with Gasteiger partial charge in [-0.2, -0.15) is 4.31 Å². The molecule has 6 N–H and O–H groups in total. The van der Waals surface area contributed by atoms with E-state index in [9.17, 15) is 43.8 Å². The molecular formula is C18H31N3O14P2. The first-order chi connectivity index (χ1) is 17.0. The predicted molar refractivity (Wildman–Crippen MR) is 122 cm³/mol. The largest absolute Gasteiger partial charge is 0.483 e. The van der Waals surface area contributed by atoms with Crippen LogP contribution in [0.4, 0.5) is 0 Å². The van der Waals surface area contributed by atoms with Crippen LogP contribution in [0.15, 0.2) is 15.8 Å². The third-order valence-corrected chi connectivity index (χ3v) is 8.51. The summed E-state index contributed by atoms with van der Waals surface area (Å²) in [6, 6.07) is -0.960. The first-order valence-corrected chi connectivity index (χ1v) is 14.0. The molecule has 3 heterocycles. The zero-order valence-corrected chi connectivity index (χ0v) is 22.1. The lowest BCUT2D eigenvalue weighted by molar-refractivity contribution is -0.256. The Labute approximate surface area is 210 Å². The van der Waals surface area contributed by atoms with E-state index in [1.807, 2.05) is 0 Å². The van der Waals surface area contributed by atoms with Crippen LogP contribution in [0.25, 0.3) is 0 Å². The highest BCUT2D eigenvalue weighted by molar-refractivity contribution is 7.61. The van der Waals surface area contributed by atoms with Crippen LogP contribution in [-0.4, -0.2) is 103 Å². The van der Waals surface area contributed by atoms with E-state index in [1.165, 1.54) is 39.0 Å².